The highest BCUT2D eigenvalue weighted by atomic mass is 16.5. The van der Waals surface area contributed by atoms with Crippen LogP contribution in [0.15, 0.2) is 48.8 Å². The van der Waals surface area contributed by atoms with Gasteiger partial charge in [0.15, 0.2) is 0 Å². The van der Waals surface area contributed by atoms with E-state index in [4.69, 9.17) is 4.74 Å². The Kier molecular flexibility index (Phi) is 5.23. The number of amides is 1. The molecule has 5 rings (SSSR count). The monoisotopic (exact) mass is 422 g/mol. The molecule has 1 saturated heterocycles. The Bertz CT molecular complexity index is 1110. The van der Waals surface area contributed by atoms with Crippen LogP contribution < -0.4 is 5.32 Å². The van der Waals surface area contributed by atoms with E-state index in [2.05, 4.69) is 33.4 Å². The van der Waals surface area contributed by atoms with Crippen LogP contribution in [0.1, 0.15) is 27.2 Å². The summed E-state index contributed by atoms with van der Waals surface area (Å²) >= 11 is 0. The zero-order chi connectivity index (χ0) is 21.4. The molecule has 1 atom stereocenters. The standard InChI is InChI=1S/C23H26N4O4/c28-19(12-26-8-7-16-3-1-2-4-17(16)10-26)9-24-22(29)20-13-27-11-18(5-6-21(27)25-20)23(30)14-31-15-23/h1-6,11,13,19,28,30H,7-10,12,14-15H2,(H,24,29)/t19-/m0/s1. The lowest BCUT2D eigenvalue weighted by Gasteiger charge is -2.36. The van der Waals surface area contributed by atoms with Crippen molar-refractivity contribution in [1.29, 1.82) is 0 Å². The van der Waals surface area contributed by atoms with Crippen LogP contribution in [-0.2, 0) is 23.3 Å². The van der Waals surface area contributed by atoms with E-state index in [1.165, 1.54) is 11.1 Å². The maximum atomic E-state index is 12.5. The van der Waals surface area contributed by atoms with Gasteiger partial charge in [0, 0.05) is 44.1 Å². The zero-order valence-corrected chi connectivity index (χ0v) is 17.2. The number of imidazole rings is 1. The van der Waals surface area contributed by atoms with Gasteiger partial charge in [-0.1, -0.05) is 30.3 Å². The van der Waals surface area contributed by atoms with Gasteiger partial charge in [-0.3, -0.25) is 9.69 Å². The summed E-state index contributed by atoms with van der Waals surface area (Å²) in [6.07, 6.45) is 3.71. The van der Waals surface area contributed by atoms with Gasteiger partial charge in [-0.15, -0.1) is 0 Å². The Balaban J connectivity index is 1.17. The first-order valence-electron chi connectivity index (χ1n) is 10.5. The number of nitrogens with zero attached hydrogens (tertiary/aromatic N) is 3. The van der Waals surface area contributed by atoms with Gasteiger partial charge in [0.1, 0.15) is 16.9 Å². The predicted octanol–water partition coefficient (Wildman–Crippen LogP) is 0.701. The number of hydrogen-bond donors (Lipinski definition) is 3. The van der Waals surface area contributed by atoms with E-state index in [1.54, 1.807) is 28.9 Å². The van der Waals surface area contributed by atoms with Crippen molar-refractivity contribution < 1.29 is 19.7 Å². The Morgan fingerprint density at radius 3 is 2.77 bits per heavy atom. The van der Waals surface area contributed by atoms with Crippen LogP contribution in [0.2, 0.25) is 0 Å². The average Bonchev–Trinajstić information content (AvgIpc) is 3.19. The second-order valence-corrected chi connectivity index (χ2v) is 8.45. The molecule has 4 heterocycles. The molecule has 3 N–H and O–H groups in total. The number of aliphatic hydroxyl groups excluding tert-OH is 1. The Morgan fingerprint density at radius 1 is 1.19 bits per heavy atom. The summed E-state index contributed by atoms with van der Waals surface area (Å²) in [6.45, 7) is 2.90. The minimum Gasteiger partial charge on any atom is -0.390 e. The van der Waals surface area contributed by atoms with Crippen LogP contribution in [0.5, 0.6) is 0 Å². The minimum atomic E-state index is -0.972. The molecule has 1 amide bonds. The fraction of sp³-hybridized carbons (Fsp3) is 0.391. The fourth-order valence-corrected chi connectivity index (χ4v) is 4.21. The third kappa shape index (κ3) is 4.07. The fourth-order valence-electron chi connectivity index (χ4n) is 4.21. The van der Waals surface area contributed by atoms with E-state index in [0.29, 0.717) is 12.2 Å². The highest BCUT2D eigenvalue weighted by molar-refractivity contribution is 5.92. The normalized spacial score (nSPS) is 18.9. The number of ether oxygens (including phenoxy) is 1. The zero-order valence-electron chi connectivity index (χ0n) is 17.2. The summed E-state index contributed by atoms with van der Waals surface area (Å²) in [7, 11) is 0. The van der Waals surface area contributed by atoms with Crippen LogP contribution in [-0.4, -0.2) is 69.4 Å². The summed E-state index contributed by atoms with van der Waals surface area (Å²) in [6, 6.07) is 11.9. The van der Waals surface area contributed by atoms with Crippen molar-refractivity contribution in [3.63, 3.8) is 0 Å². The maximum absolute atomic E-state index is 12.5. The molecule has 0 bridgehead atoms. The van der Waals surface area contributed by atoms with Gasteiger partial charge in [0.2, 0.25) is 0 Å². The van der Waals surface area contributed by atoms with E-state index in [1.807, 2.05) is 6.07 Å². The largest absolute Gasteiger partial charge is 0.390 e. The van der Waals surface area contributed by atoms with Gasteiger partial charge in [-0.25, -0.2) is 4.98 Å². The predicted molar refractivity (Wildman–Crippen MR) is 114 cm³/mol. The van der Waals surface area contributed by atoms with Crippen molar-refractivity contribution in [2.75, 3.05) is 32.8 Å². The average molecular weight is 422 g/mol. The molecule has 2 aromatic heterocycles. The Labute approximate surface area is 180 Å². The molecule has 0 unspecified atom stereocenters. The summed E-state index contributed by atoms with van der Waals surface area (Å²) in [5, 5.41) is 23.6. The van der Waals surface area contributed by atoms with Gasteiger partial charge in [0.25, 0.3) is 5.91 Å². The molecule has 162 valence electrons. The number of carbonyl (C=O) groups is 1. The molecular formula is C23H26N4O4. The molecule has 2 aliphatic heterocycles. The van der Waals surface area contributed by atoms with Gasteiger partial charge < -0.3 is 24.7 Å². The van der Waals surface area contributed by atoms with Crippen LogP contribution in [0.3, 0.4) is 0 Å². The van der Waals surface area contributed by atoms with Crippen LogP contribution in [0.4, 0.5) is 0 Å². The molecule has 1 aromatic carbocycles. The number of pyridine rings is 1. The van der Waals surface area contributed by atoms with E-state index in [9.17, 15) is 15.0 Å². The number of β-amino-alcohol motifs (C(OH)–C–C–N with tert-alkyl or cyclic N) is 1. The molecule has 3 aromatic rings. The number of carbonyl (C=O) groups excluding carboxylic acids is 1. The number of aromatic nitrogens is 2. The minimum absolute atomic E-state index is 0.160. The number of aliphatic hydroxyl groups is 2. The first-order chi connectivity index (χ1) is 15.0. The van der Waals surface area contributed by atoms with E-state index < -0.39 is 11.7 Å². The third-order valence-electron chi connectivity index (χ3n) is 6.08. The lowest BCUT2D eigenvalue weighted by molar-refractivity contribution is -0.184. The Morgan fingerprint density at radius 2 is 2.00 bits per heavy atom. The molecule has 0 saturated carbocycles. The van der Waals surface area contributed by atoms with Crippen molar-refractivity contribution in [1.82, 2.24) is 19.6 Å². The molecule has 0 spiro atoms. The number of nitrogens with one attached hydrogen (secondary N) is 1. The van der Waals surface area contributed by atoms with Crippen LogP contribution >= 0.6 is 0 Å². The third-order valence-corrected chi connectivity index (χ3v) is 6.08. The molecule has 0 aliphatic carbocycles. The summed E-state index contributed by atoms with van der Waals surface area (Å²) in [5.74, 6) is -0.334. The maximum Gasteiger partial charge on any atom is 0.271 e. The van der Waals surface area contributed by atoms with E-state index in [-0.39, 0.29) is 31.4 Å². The number of rotatable bonds is 6. The second kappa shape index (κ2) is 8.05. The quantitative estimate of drug-likeness (QED) is 0.541. The topological polar surface area (TPSA) is 99.3 Å². The van der Waals surface area contributed by atoms with E-state index >= 15 is 0 Å². The molecule has 8 nitrogen and oxygen atoms in total. The summed E-state index contributed by atoms with van der Waals surface area (Å²) in [4.78, 5) is 19.1. The summed E-state index contributed by atoms with van der Waals surface area (Å²) < 4.78 is 6.83. The lowest BCUT2D eigenvalue weighted by atomic mass is 9.94. The number of fused-ring (bicyclic) bond motifs is 2. The van der Waals surface area contributed by atoms with E-state index in [0.717, 1.165) is 25.1 Å². The molecular weight excluding hydrogens is 396 g/mol. The highest BCUT2D eigenvalue weighted by Crippen LogP contribution is 2.29. The van der Waals surface area contributed by atoms with Gasteiger partial charge in [-0.2, -0.15) is 0 Å². The summed E-state index contributed by atoms with van der Waals surface area (Å²) in [5.41, 5.74) is 3.31. The van der Waals surface area contributed by atoms with Gasteiger partial charge >= 0.3 is 0 Å². The van der Waals surface area contributed by atoms with Gasteiger partial charge in [0.05, 0.1) is 19.3 Å². The number of hydrogen-bond acceptors (Lipinski definition) is 6. The van der Waals surface area contributed by atoms with Crippen molar-refractivity contribution >= 4 is 11.6 Å². The van der Waals surface area contributed by atoms with Gasteiger partial charge in [-0.05, 0) is 23.6 Å². The highest BCUT2D eigenvalue weighted by Gasteiger charge is 2.38. The second-order valence-electron chi connectivity index (χ2n) is 8.45. The molecule has 2 aliphatic rings. The first-order valence-corrected chi connectivity index (χ1v) is 10.5. The van der Waals surface area contributed by atoms with Crippen LogP contribution in [0.25, 0.3) is 5.65 Å². The first kappa shape index (κ1) is 20.1. The molecule has 1 fully saturated rings. The molecule has 0 radical (unpaired) electrons. The van der Waals surface area contributed by atoms with Crippen molar-refractivity contribution in [2.45, 2.75) is 24.7 Å². The smallest absolute Gasteiger partial charge is 0.271 e. The van der Waals surface area contributed by atoms with Crippen molar-refractivity contribution in [2.24, 2.45) is 0 Å². The SMILES string of the molecule is O=C(NC[C@H](O)CN1CCc2ccccc2C1)c1cn2cc(C3(O)COC3)ccc2n1. The molecule has 8 heteroatoms. The molecule has 31 heavy (non-hydrogen) atoms. The van der Waals surface area contributed by atoms with Crippen molar-refractivity contribution in [3.8, 4) is 0 Å². The van der Waals surface area contributed by atoms with Crippen molar-refractivity contribution in [3.05, 3.63) is 71.2 Å². The lowest BCUT2D eigenvalue weighted by Crippen LogP contribution is -2.46. The number of benzene rings is 1. The van der Waals surface area contributed by atoms with Crippen LogP contribution in [0, 0.1) is 0 Å². The Hall–Kier alpha value is -2.78.